The highest BCUT2D eigenvalue weighted by molar-refractivity contribution is 8.01. The molecule has 2 aliphatic heterocycles. The molecule has 6 heteroatoms. The van der Waals surface area contributed by atoms with Crippen molar-refractivity contribution >= 4 is 23.8 Å². The quantitative estimate of drug-likeness (QED) is 0.106. The maximum Gasteiger partial charge on any atom is 0.376 e. The molecule has 234 valence electrons. The predicted molar refractivity (Wildman–Crippen MR) is 171 cm³/mol. The molecule has 3 rings (SSSR count). The van der Waals surface area contributed by atoms with Gasteiger partial charge in [-0.3, -0.25) is 0 Å². The van der Waals surface area contributed by atoms with Crippen LogP contribution in [0.5, 0.6) is 0 Å². The third-order valence-corrected chi connectivity index (χ3v) is 10.5. The summed E-state index contributed by atoms with van der Waals surface area (Å²) >= 11 is 1.99. The molecule has 0 N–H and O–H groups in total. The van der Waals surface area contributed by atoms with Crippen molar-refractivity contribution in [2.75, 3.05) is 32.6 Å². The molecule has 41 heavy (non-hydrogen) atoms. The average molecular weight is 653 g/mol. The molecular formula is C35H58BrNO3S. The summed E-state index contributed by atoms with van der Waals surface area (Å²) in [6.07, 6.45) is 24.7. The summed E-state index contributed by atoms with van der Waals surface area (Å²) in [6, 6.07) is 8.21. The Labute approximate surface area is 265 Å². The first kappa shape index (κ1) is 36.3. The van der Waals surface area contributed by atoms with Gasteiger partial charge in [-0.15, -0.1) is 0 Å². The van der Waals surface area contributed by atoms with Gasteiger partial charge in [0.15, 0.2) is 0 Å². The molecule has 1 fully saturated rings. The Balaban J connectivity index is 0.00000588. The Kier molecular flexibility index (Phi) is 18.6. The van der Waals surface area contributed by atoms with Crippen molar-refractivity contribution in [3.05, 3.63) is 34.8 Å². The largest absolute Gasteiger partial charge is 1.00 e. The molecule has 2 heterocycles. The number of halogens is 1. The van der Waals surface area contributed by atoms with Crippen LogP contribution in [0, 0.1) is 5.41 Å². The van der Waals surface area contributed by atoms with Crippen LogP contribution in [-0.4, -0.2) is 49.9 Å². The molecule has 0 saturated carbocycles. The van der Waals surface area contributed by atoms with Crippen LogP contribution in [0.25, 0.3) is 6.08 Å². The molecule has 1 saturated heterocycles. The first-order valence-corrected chi connectivity index (χ1v) is 17.7. The smallest absolute Gasteiger partial charge is 0.376 e. The zero-order chi connectivity index (χ0) is 28.5. The molecule has 4 nitrogen and oxygen atoms in total. The lowest BCUT2D eigenvalue weighted by molar-refractivity contribution is -0.148. The van der Waals surface area contributed by atoms with Crippen LogP contribution in [0.1, 0.15) is 123 Å². The third kappa shape index (κ3) is 11.0. The van der Waals surface area contributed by atoms with E-state index in [0.717, 1.165) is 49.9 Å². The molecule has 0 aliphatic carbocycles. The number of carbonyl (C=O) groups excluding carboxylic acids is 1. The predicted octanol–water partition coefficient (Wildman–Crippen LogP) is 4.31. The second-order valence-electron chi connectivity index (χ2n) is 12.1. The molecule has 2 aliphatic rings. The van der Waals surface area contributed by atoms with Gasteiger partial charge >= 0.3 is 5.97 Å². The molecule has 0 spiro atoms. The molecular weight excluding hydrogens is 594 g/mol. The zero-order valence-corrected chi connectivity index (χ0v) is 28.8. The molecule has 0 amide bonds. The van der Waals surface area contributed by atoms with Crippen molar-refractivity contribution in [3.8, 4) is 0 Å². The Morgan fingerprint density at radius 1 is 0.878 bits per heavy atom. The second-order valence-corrected chi connectivity index (χ2v) is 13.4. The number of nitrogens with zero attached hydrogens (tertiary/aromatic N) is 1. The SMILES string of the molecule is CCCCCCCCCCCCCCCCOCC1(C2CCS2)C=c2ccccc2=[N+](CCCC)C1C(=O)OC.[Br-]. The molecule has 3 atom stereocenters. The zero-order valence-electron chi connectivity index (χ0n) is 26.3. The number of hydrogen-bond donors (Lipinski definition) is 0. The van der Waals surface area contributed by atoms with Gasteiger partial charge in [0.05, 0.1) is 19.1 Å². The maximum absolute atomic E-state index is 13.4. The van der Waals surface area contributed by atoms with Crippen molar-refractivity contribution in [2.24, 2.45) is 5.41 Å². The van der Waals surface area contributed by atoms with Gasteiger partial charge in [-0.25, -0.2) is 9.37 Å². The summed E-state index contributed by atoms with van der Waals surface area (Å²) in [6.45, 7) is 6.72. The Morgan fingerprint density at radius 2 is 1.44 bits per heavy atom. The van der Waals surface area contributed by atoms with Crippen molar-refractivity contribution in [1.82, 2.24) is 4.58 Å². The van der Waals surface area contributed by atoms with E-state index in [9.17, 15) is 4.79 Å². The van der Waals surface area contributed by atoms with Crippen molar-refractivity contribution < 1.29 is 31.2 Å². The number of thioether (sulfide) groups is 1. The van der Waals surface area contributed by atoms with Crippen LogP contribution in [0.3, 0.4) is 0 Å². The summed E-state index contributed by atoms with van der Waals surface area (Å²) in [5, 5.41) is 2.76. The number of unbranched alkanes of at least 4 members (excludes halogenated alkanes) is 14. The minimum Gasteiger partial charge on any atom is -1.00 e. The van der Waals surface area contributed by atoms with E-state index in [-0.39, 0.29) is 34.4 Å². The fourth-order valence-corrected chi connectivity index (χ4v) is 7.54. The Morgan fingerprint density at radius 3 is 1.98 bits per heavy atom. The Hall–Kier alpha value is -0.850. The van der Waals surface area contributed by atoms with Gasteiger partial charge in [-0.05, 0) is 24.7 Å². The molecule has 0 radical (unpaired) electrons. The summed E-state index contributed by atoms with van der Waals surface area (Å²) < 4.78 is 14.2. The second kappa shape index (κ2) is 21.0. The van der Waals surface area contributed by atoms with E-state index in [1.54, 1.807) is 0 Å². The van der Waals surface area contributed by atoms with E-state index >= 15 is 0 Å². The van der Waals surface area contributed by atoms with Crippen molar-refractivity contribution in [1.29, 1.82) is 0 Å². The number of esters is 1. The van der Waals surface area contributed by atoms with Gasteiger partial charge in [0.2, 0.25) is 5.36 Å². The number of benzene rings is 1. The minimum atomic E-state index is -0.367. The Bertz CT molecular complexity index is 982. The third-order valence-electron chi connectivity index (χ3n) is 8.96. The van der Waals surface area contributed by atoms with Gasteiger partial charge in [0.25, 0.3) is 6.04 Å². The molecule has 1 aromatic carbocycles. The highest BCUT2D eigenvalue weighted by Gasteiger charge is 2.58. The van der Waals surface area contributed by atoms with Gasteiger partial charge in [-0.2, -0.15) is 11.8 Å². The molecule has 1 aromatic rings. The highest BCUT2D eigenvalue weighted by Crippen LogP contribution is 2.47. The van der Waals surface area contributed by atoms with E-state index in [1.165, 1.54) is 95.8 Å². The van der Waals surface area contributed by atoms with Crippen LogP contribution in [0.4, 0.5) is 0 Å². The maximum atomic E-state index is 13.4. The molecule has 0 bridgehead atoms. The topological polar surface area (TPSA) is 38.5 Å². The number of rotatable bonds is 22. The first-order chi connectivity index (χ1) is 19.7. The molecule has 0 aromatic heterocycles. The van der Waals surface area contributed by atoms with Crippen LogP contribution in [0.15, 0.2) is 24.3 Å². The number of carbonyl (C=O) groups is 1. The van der Waals surface area contributed by atoms with Gasteiger partial charge in [0.1, 0.15) is 6.54 Å². The van der Waals surface area contributed by atoms with E-state index in [4.69, 9.17) is 9.47 Å². The first-order valence-electron chi connectivity index (χ1n) is 16.7. The van der Waals surface area contributed by atoms with E-state index in [1.807, 2.05) is 11.8 Å². The summed E-state index contributed by atoms with van der Waals surface area (Å²) in [7, 11) is 1.54. The molecule has 3 unspecified atom stereocenters. The standard InChI is InChI=1S/C35H58NO3S.BrH/c1-4-6-8-9-10-11-12-13-14-15-16-17-18-21-26-39-29-35(32-24-27-40-32)28-30-22-19-20-23-31(30)36(25-7-5-2)33(35)34(37)38-3;/h19-20,22-23,28,32-33H,4-18,21,24-27,29H2,1-3H3;1H/q+1;/p-1. The monoisotopic (exact) mass is 651 g/mol. The van der Waals surface area contributed by atoms with Gasteiger partial charge in [0, 0.05) is 29.6 Å². The summed E-state index contributed by atoms with van der Waals surface area (Å²) in [4.78, 5) is 13.4. The lowest BCUT2D eigenvalue weighted by Gasteiger charge is -2.45. The minimum absolute atomic E-state index is 0. The number of para-hydroxylation sites is 1. The van der Waals surface area contributed by atoms with E-state index < -0.39 is 0 Å². The van der Waals surface area contributed by atoms with E-state index in [0.29, 0.717) is 11.9 Å². The van der Waals surface area contributed by atoms with Crippen molar-refractivity contribution in [2.45, 2.75) is 134 Å². The lowest BCUT2D eigenvalue weighted by Crippen LogP contribution is -3.00. The number of hydrogen-bond acceptors (Lipinski definition) is 4. The van der Waals surface area contributed by atoms with Crippen molar-refractivity contribution in [3.63, 3.8) is 0 Å². The highest BCUT2D eigenvalue weighted by atomic mass is 79.9. The van der Waals surface area contributed by atoms with Crippen LogP contribution in [0.2, 0.25) is 0 Å². The number of methoxy groups -OCH3 is 1. The van der Waals surface area contributed by atoms with Gasteiger partial charge < -0.3 is 26.5 Å². The van der Waals surface area contributed by atoms with Crippen LogP contribution in [-0.2, 0) is 14.3 Å². The number of fused-ring (bicyclic) bond motifs is 1. The van der Waals surface area contributed by atoms with Gasteiger partial charge in [-0.1, -0.05) is 122 Å². The lowest BCUT2D eigenvalue weighted by atomic mass is 9.73. The fraction of sp³-hybridized carbons (Fsp3) is 0.771. The fourth-order valence-electron chi connectivity index (χ4n) is 6.49. The van der Waals surface area contributed by atoms with E-state index in [2.05, 4.69) is 48.8 Å². The summed E-state index contributed by atoms with van der Waals surface area (Å²) in [5.74, 6) is 1.03. The number of ether oxygens (including phenoxy) is 2. The van der Waals surface area contributed by atoms with Crippen LogP contribution < -0.4 is 32.1 Å². The summed E-state index contributed by atoms with van der Waals surface area (Å²) in [5.41, 5.74) is -0.367. The van der Waals surface area contributed by atoms with Crippen LogP contribution >= 0.6 is 11.8 Å². The average Bonchev–Trinajstić information content (AvgIpc) is 2.94. The normalized spacial score (nSPS) is 21.4.